The van der Waals surface area contributed by atoms with Crippen molar-refractivity contribution in [2.75, 3.05) is 11.5 Å². The average molecular weight is 445 g/mol. The van der Waals surface area contributed by atoms with Gasteiger partial charge in [0.25, 0.3) is 5.56 Å². The number of aryl methyl sites for hydroxylation is 1. The first-order valence-corrected chi connectivity index (χ1v) is 12.9. The van der Waals surface area contributed by atoms with E-state index in [-0.39, 0.29) is 5.56 Å². The van der Waals surface area contributed by atoms with Crippen molar-refractivity contribution >= 4 is 44.1 Å². The Balaban J connectivity index is 1.61. The minimum atomic E-state index is -1.05. The minimum Gasteiger partial charge on any atom is -0.283 e. The number of allylic oxidation sites excluding steroid dienone is 1. The van der Waals surface area contributed by atoms with Crippen LogP contribution < -0.4 is 5.56 Å². The van der Waals surface area contributed by atoms with Gasteiger partial charge in [0.15, 0.2) is 5.16 Å². The fourth-order valence-corrected chi connectivity index (χ4v) is 7.42. The van der Waals surface area contributed by atoms with Crippen molar-refractivity contribution in [2.45, 2.75) is 42.8 Å². The van der Waals surface area contributed by atoms with Crippen LogP contribution in [0, 0.1) is 5.92 Å². The largest absolute Gasteiger partial charge is 0.283 e. The average Bonchev–Trinajstić information content (AvgIpc) is 3.08. The predicted molar refractivity (Wildman–Crippen MR) is 124 cm³/mol. The third-order valence-electron chi connectivity index (χ3n) is 5.20. The monoisotopic (exact) mass is 444 g/mol. The molecule has 0 bridgehead atoms. The fourth-order valence-electron chi connectivity index (χ4n) is 3.70. The van der Waals surface area contributed by atoms with E-state index in [1.807, 2.05) is 30.3 Å². The summed E-state index contributed by atoms with van der Waals surface area (Å²) < 4.78 is 14.2. The fraction of sp³-hybridized carbons (Fsp3) is 0.364. The number of nitrogens with zero attached hydrogens (tertiary/aromatic N) is 2. The Morgan fingerprint density at radius 3 is 2.93 bits per heavy atom. The number of rotatable bonds is 7. The van der Waals surface area contributed by atoms with Gasteiger partial charge in [0.2, 0.25) is 0 Å². The first-order valence-electron chi connectivity index (χ1n) is 9.80. The zero-order valence-corrected chi connectivity index (χ0v) is 18.9. The summed E-state index contributed by atoms with van der Waals surface area (Å²) in [4.78, 5) is 21.1. The number of aromatic nitrogens is 2. The van der Waals surface area contributed by atoms with Gasteiger partial charge in [-0.2, -0.15) is 0 Å². The highest BCUT2D eigenvalue weighted by molar-refractivity contribution is 8.00. The van der Waals surface area contributed by atoms with Crippen LogP contribution in [0.15, 0.2) is 57.8 Å². The van der Waals surface area contributed by atoms with Crippen molar-refractivity contribution in [2.24, 2.45) is 5.92 Å². The highest BCUT2D eigenvalue weighted by atomic mass is 32.2. The van der Waals surface area contributed by atoms with E-state index in [1.165, 1.54) is 22.2 Å². The minimum absolute atomic E-state index is 0.0358. The van der Waals surface area contributed by atoms with Crippen molar-refractivity contribution in [1.82, 2.24) is 9.55 Å². The lowest BCUT2D eigenvalue weighted by molar-refractivity contribution is 0.509. The lowest BCUT2D eigenvalue weighted by Crippen LogP contribution is -2.23. The molecule has 3 aromatic rings. The Bertz CT molecular complexity index is 1120. The molecule has 0 fully saturated rings. The number of hydrogen-bond donors (Lipinski definition) is 0. The van der Waals surface area contributed by atoms with Crippen LogP contribution in [0.1, 0.15) is 23.8 Å². The summed E-state index contributed by atoms with van der Waals surface area (Å²) in [5.41, 5.74) is 1.24. The first kappa shape index (κ1) is 20.6. The molecule has 152 valence electrons. The maximum Gasteiger partial charge on any atom is 0.263 e. The molecule has 1 aliphatic rings. The van der Waals surface area contributed by atoms with Gasteiger partial charge in [-0.15, -0.1) is 17.9 Å². The van der Waals surface area contributed by atoms with Crippen molar-refractivity contribution in [3.63, 3.8) is 0 Å². The van der Waals surface area contributed by atoms with Gasteiger partial charge in [-0.3, -0.25) is 13.6 Å². The van der Waals surface area contributed by atoms with Crippen LogP contribution in [0.5, 0.6) is 0 Å². The molecule has 2 heterocycles. The van der Waals surface area contributed by atoms with Crippen molar-refractivity contribution in [1.29, 1.82) is 0 Å². The molecule has 7 heteroatoms. The zero-order valence-electron chi connectivity index (χ0n) is 16.4. The molecule has 0 radical (unpaired) electrons. The highest BCUT2D eigenvalue weighted by Crippen LogP contribution is 2.36. The molecular weight excluding hydrogens is 420 g/mol. The molecule has 0 saturated heterocycles. The quantitative estimate of drug-likeness (QED) is 0.302. The van der Waals surface area contributed by atoms with Crippen LogP contribution in [0.4, 0.5) is 0 Å². The van der Waals surface area contributed by atoms with Crippen LogP contribution in [0.3, 0.4) is 0 Å². The molecule has 4 rings (SSSR count). The van der Waals surface area contributed by atoms with E-state index in [2.05, 4.69) is 13.5 Å². The molecular formula is C22H24N2O2S3. The van der Waals surface area contributed by atoms with E-state index >= 15 is 0 Å². The van der Waals surface area contributed by atoms with Crippen LogP contribution >= 0.6 is 23.1 Å². The van der Waals surface area contributed by atoms with Crippen molar-refractivity contribution in [3.05, 3.63) is 63.8 Å². The van der Waals surface area contributed by atoms with E-state index in [4.69, 9.17) is 4.98 Å². The third kappa shape index (κ3) is 4.27. The van der Waals surface area contributed by atoms with E-state index in [1.54, 1.807) is 22.0 Å². The molecule has 0 N–H and O–H groups in total. The van der Waals surface area contributed by atoms with Crippen molar-refractivity contribution in [3.8, 4) is 0 Å². The van der Waals surface area contributed by atoms with Gasteiger partial charge in [-0.1, -0.05) is 43.0 Å². The summed E-state index contributed by atoms with van der Waals surface area (Å²) in [6.45, 7) is 6.51. The Morgan fingerprint density at radius 2 is 2.17 bits per heavy atom. The molecule has 2 aromatic heterocycles. The maximum absolute atomic E-state index is 13.3. The Morgan fingerprint density at radius 1 is 1.38 bits per heavy atom. The molecule has 29 heavy (non-hydrogen) atoms. The second-order valence-corrected chi connectivity index (χ2v) is 11.1. The lowest BCUT2D eigenvalue weighted by Gasteiger charge is -2.17. The number of fused-ring (bicyclic) bond motifs is 3. The maximum atomic E-state index is 13.3. The second-order valence-electron chi connectivity index (χ2n) is 7.34. The Labute approximate surface area is 181 Å². The third-order valence-corrected chi connectivity index (χ3v) is 8.96. The van der Waals surface area contributed by atoms with Crippen LogP contribution in [0.2, 0.25) is 0 Å². The highest BCUT2D eigenvalue weighted by Gasteiger charge is 2.24. The summed E-state index contributed by atoms with van der Waals surface area (Å²) in [5.74, 6) is 1.82. The summed E-state index contributed by atoms with van der Waals surface area (Å²) >= 11 is 3.17. The standard InChI is InChI=1S/C22H24N2O2S3/c1-3-11-24-21(25)19-17-10-9-15(2)14-18(17)28-20(19)23-22(24)27-12-13-29(26)16-7-5-4-6-8-16/h3-8,15H,1,9-14H2,2H3. The number of thiophene rings is 1. The summed E-state index contributed by atoms with van der Waals surface area (Å²) in [7, 11) is -1.05. The molecule has 0 saturated carbocycles. The molecule has 0 spiro atoms. The van der Waals surface area contributed by atoms with Gasteiger partial charge < -0.3 is 0 Å². The second kappa shape index (κ2) is 8.98. The van der Waals surface area contributed by atoms with Gasteiger partial charge in [-0.05, 0) is 42.9 Å². The summed E-state index contributed by atoms with van der Waals surface area (Å²) in [6, 6.07) is 9.49. The molecule has 1 aromatic carbocycles. The van der Waals surface area contributed by atoms with E-state index < -0.39 is 10.8 Å². The zero-order chi connectivity index (χ0) is 20.4. The Hall–Kier alpha value is -1.70. The molecule has 0 amide bonds. The topological polar surface area (TPSA) is 52.0 Å². The molecule has 2 unspecified atom stereocenters. The number of benzene rings is 1. The van der Waals surface area contributed by atoms with E-state index in [0.717, 1.165) is 34.4 Å². The molecule has 0 aliphatic heterocycles. The molecule has 1 aliphatic carbocycles. The smallest absolute Gasteiger partial charge is 0.263 e. The van der Waals surface area contributed by atoms with E-state index in [0.29, 0.717) is 29.1 Å². The normalized spacial score (nSPS) is 17.2. The van der Waals surface area contributed by atoms with Gasteiger partial charge in [-0.25, -0.2) is 4.98 Å². The first-order chi connectivity index (χ1) is 14.1. The Kier molecular flexibility index (Phi) is 6.37. The number of hydrogen-bond acceptors (Lipinski definition) is 5. The van der Waals surface area contributed by atoms with Crippen LogP contribution in [-0.2, 0) is 30.2 Å². The molecule has 2 atom stereocenters. The van der Waals surface area contributed by atoms with Crippen LogP contribution in [-0.4, -0.2) is 25.3 Å². The van der Waals surface area contributed by atoms with Crippen molar-refractivity contribution < 1.29 is 4.21 Å². The van der Waals surface area contributed by atoms with E-state index in [9.17, 15) is 9.00 Å². The SMILES string of the molecule is C=CCn1c(SCCS(=O)c2ccccc2)nc2sc3c(c2c1=O)CCC(C)C3. The van der Waals surface area contributed by atoms with Gasteiger partial charge in [0.05, 0.1) is 16.2 Å². The van der Waals surface area contributed by atoms with Gasteiger partial charge in [0, 0.05) is 27.8 Å². The van der Waals surface area contributed by atoms with Gasteiger partial charge >= 0.3 is 0 Å². The summed E-state index contributed by atoms with van der Waals surface area (Å²) in [5, 5.41) is 1.50. The molecule has 4 nitrogen and oxygen atoms in total. The summed E-state index contributed by atoms with van der Waals surface area (Å²) in [6.07, 6.45) is 4.86. The van der Waals surface area contributed by atoms with Crippen LogP contribution in [0.25, 0.3) is 10.2 Å². The number of thioether (sulfide) groups is 1. The van der Waals surface area contributed by atoms with Gasteiger partial charge in [0.1, 0.15) is 4.83 Å². The predicted octanol–water partition coefficient (Wildman–Crippen LogP) is 4.67. The lowest BCUT2D eigenvalue weighted by atomic mass is 9.89.